The van der Waals surface area contributed by atoms with Crippen molar-refractivity contribution in [2.75, 3.05) is 13.1 Å². The highest BCUT2D eigenvalue weighted by Crippen LogP contribution is 2.20. The molecule has 0 bridgehead atoms. The minimum Gasteiger partial charge on any atom is -0.382 e. The van der Waals surface area contributed by atoms with Crippen molar-refractivity contribution in [2.45, 2.75) is 32.7 Å². The van der Waals surface area contributed by atoms with Gasteiger partial charge in [-0.3, -0.25) is 0 Å². The summed E-state index contributed by atoms with van der Waals surface area (Å²) in [5.41, 5.74) is 2.84. The van der Waals surface area contributed by atoms with Crippen molar-refractivity contribution in [1.29, 1.82) is 0 Å². The van der Waals surface area contributed by atoms with Gasteiger partial charge in [-0.25, -0.2) is 0 Å². The molecule has 0 aromatic heterocycles. The Labute approximate surface area is 86.5 Å². The summed E-state index contributed by atoms with van der Waals surface area (Å²) in [6.45, 7) is 6.80. The molecule has 2 N–H and O–H groups in total. The van der Waals surface area contributed by atoms with E-state index < -0.39 is 0 Å². The van der Waals surface area contributed by atoms with E-state index in [9.17, 15) is 0 Å². The van der Waals surface area contributed by atoms with Gasteiger partial charge in [-0.05, 0) is 51.8 Å². The standard InChI is InChI=1S/C12H20N2/c1-9-3-4-12(14-10(9)2)7-11-5-6-13-8-11/h3-4,10-11,13-14H,5-8H2,1-2H3. The Balaban J connectivity index is 1.92. The zero-order valence-electron chi connectivity index (χ0n) is 9.14. The number of nitrogens with one attached hydrogen (secondary N) is 2. The van der Waals surface area contributed by atoms with Gasteiger partial charge in [0.05, 0.1) is 0 Å². The largest absolute Gasteiger partial charge is 0.382 e. The molecule has 78 valence electrons. The summed E-state index contributed by atoms with van der Waals surface area (Å²) < 4.78 is 0. The summed E-state index contributed by atoms with van der Waals surface area (Å²) >= 11 is 0. The molecule has 2 nitrogen and oxygen atoms in total. The molecule has 2 rings (SSSR count). The van der Waals surface area contributed by atoms with Crippen molar-refractivity contribution < 1.29 is 0 Å². The van der Waals surface area contributed by atoms with E-state index in [4.69, 9.17) is 0 Å². The molecule has 2 aliphatic rings. The Morgan fingerprint density at radius 2 is 2.29 bits per heavy atom. The predicted octanol–water partition coefficient (Wildman–Crippen LogP) is 1.81. The summed E-state index contributed by atoms with van der Waals surface area (Å²) in [5, 5.41) is 6.97. The van der Waals surface area contributed by atoms with E-state index in [1.165, 1.54) is 37.2 Å². The molecular formula is C12H20N2. The lowest BCUT2D eigenvalue weighted by molar-refractivity contribution is 0.533. The van der Waals surface area contributed by atoms with Crippen molar-refractivity contribution in [3.63, 3.8) is 0 Å². The van der Waals surface area contributed by atoms with Crippen LogP contribution in [0.3, 0.4) is 0 Å². The first-order valence-corrected chi connectivity index (χ1v) is 5.60. The summed E-state index contributed by atoms with van der Waals surface area (Å²) in [7, 11) is 0. The minimum absolute atomic E-state index is 0.518. The summed E-state index contributed by atoms with van der Waals surface area (Å²) in [6, 6.07) is 0.518. The fourth-order valence-corrected chi connectivity index (χ4v) is 2.14. The molecule has 2 aliphatic heterocycles. The number of hydrogen-bond donors (Lipinski definition) is 2. The second kappa shape index (κ2) is 4.18. The number of hydrogen-bond acceptors (Lipinski definition) is 2. The van der Waals surface area contributed by atoms with Gasteiger partial charge in [0.2, 0.25) is 0 Å². The monoisotopic (exact) mass is 192 g/mol. The highest BCUT2D eigenvalue weighted by molar-refractivity contribution is 5.25. The molecule has 2 unspecified atom stereocenters. The van der Waals surface area contributed by atoms with Crippen LogP contribution >= 0.6 is 0 Å². The molecule has 1 fully saturated rings. The second-order valence-electron chi connectivity index (χ2n) is 4.53. The SMILES string of the molecule is CC1=CC=C(CC2CCNC2)NC1C. The Morgan fingerprint density at radius 1 is 1.43 bits per heavy atom. The molecule has 0 aliphatic carbocycles. The van der Waals surface area contributed by atoms with Gasteiger partial charge >= 0.3 is 0 Å². The average molecular weight is 192 g/mol. The van der Waals surface area contributed by atoms with Gasteiger partial charge in [0.1, 0.15) is 0 Å². The zero-order valence-corrected chi connectivity index (χ0v) is 9.14. The normalized spacial score (nSPS) is 32.1. The van der Waals surface area contributed by atoms with Crippen LogP contribution in [0.25, 0.3) is 0 Å². The van der Waals surface area contributed by atoms with Crippen LogP contribution in [0.5, 0.6) is 0 Å². The van der Waals surface area contributed by atoms with Crippen molar-refractivity contribution >= 4 is 0 Å². The van der Waals surface area contributed by atoms with Crippen LogP contribution in [0.2, 0.25) is 0 Å². The lowest BCUT2D eigenvalue weighted by atomic mass is 9.98. The van der Waals surface area contributed by atoms with Crippen LogP contribution < -0.4 is 10.6 Å². The van der Waals surface area contributed by atoms with Crippen LogP contribution in [-0.4, -0.2) is 19.1 Å². The first-order valence-electron chi connectivity index (χ1n) is 5.60. The van der Waals surface area contributed by atoms with Crippen molar-refractivity contribution in [3.05, 3.63) is 23.4 Å². The number of rotatable bonds is 2. The summed E-state index contributed by atoms with van der Waals surface area (Å²) in [5.74, 6) is 0.841. The molecule has 0 aromatic rings. The van der Waals surface area contributed by atoms with E-state index in [0.717, 1.165) is 5.92 Å². The van der Waals surface area contributed by atoms with Crippen molar-refractivity contribution in [2.24, 2.45) is 5.92 Å². The van der Waals surface area contributed by atoms with Crippen molar-refractivity contribution in [1.82, 2.24) is 10.6 Å². The molecule has 0 amide bonds. The van der Waals surface area contributed by atoms with Crippen LogP contribution in [0.15, 0.2) is 23.4 Å². The molecule has 0 aromatic carbocycles. The van der Waals surface area contributed by atoms with Crippen LogP contribution in [0, 0.1) is 5.92 Å². The van der Waals surface area contributed by atoms with Gasteiger partial charge in [0.15, 0.2) is 0 Å². The smallest absolute Gasteiger partial charge is 0.0442 e. The zero-order chi connectivity index (χ0) is 9.97. The summed E-state index contributed by atoms with van der Waals surface area (Å²) in [6.07, 6.45) is 7.03. The third kappa shape index (κ3) is 2.18. The maximum absolute atomic E-state index is 3.56. The fourth-order valence-electron chi connectivity index (χ4n) is 2.14. The first kappa shape index (κ1) is 9.78. The molecular weight excluding hydrogens is 172 g/mol. The quantitative estimate of drug-likeness (QED) is 0.697. The van der Waals surface area contributed by atoms with Crippen LogP contribution in [0.1, 0.15) is 26.7 Å². The Kier molecular flexibility index (Phi) is 2.92. The van der Waals surface area contributed by atoms with Gasteiger partial charge in [-0.1, -0.05) is 11.6 Å². The molecule has 14 heavy (non-hydrogen) atoms. The van der Waals surface area contributed by atoms with Crippen LogP contribution in [0.4, 0.5) is 0 Å². The molecule has 0 spiro atoms. The second-order valence-corrected chi connectivity index (χ2v) is 4.53. The van der Waals surface area contributed by atoms with Gasteiger partial charge in [-0.15, -0.1) is 0 Å². The Morgan fingerprint density at radius 3 is 2.93 bits per heavy atom. The predicted molar refractivity (Wildman–Crippen MR) is 60.0 cm³/mol. The molecule has 2 atom stereocenters. The molecule has 2 heteroatoms. The van der Waals surface area contributed by atoms with Gasteiger partial charge in [0, 0.05) is 11.7 Å². The van der Waals surface area contributed by atoms with Crippen molar-refractivity contribution in [3.8, 4) is 0 Å². The fraction of sp³-hybridized carbons (Fsp3) is 0.667. The lowest BCUT2D eigenvalue weighted by Crippen LogP contribution is -2.30. The van der Waals surface area contributed by atoms with Crippen LogP contribution in [-0.2, 0) is 0 Å². The Bertz CT molecular complexity index is 259. The third-order valence-electron chi connectivity index (χ3n) is 3.30. The van der Waals surface area contributed by atoms with E-state index in [-0.39, 0.29) is 0 Å². The van der Waals surface area contributed by atoms with E-state index in [2.05, 4.69) is 36.6 Å². The molecule has 0 saturated carbocycles. The van der Waals surface area contributed by atoms with Gasteiger partial charge in [-0.2, -0.15) is 0 Å². The maximum Gasteiger partial charge on any atom is 0.0442 e. The van der Waals surface area contributed by atoms with E-state index >= 15 is 0 Å². The van der Waals surface area contributed by atoms with Gasteiger partial charge in [0.25, 0.3) is 0 Å². The summed E-state index contributed by atoms with van der Waals surface area (Å²) in [4.78, 5) is 0. The first-order chi connectivity index (χ1) is 6.75. The number of dihydropyridines is 1. The lowest BCUT2D eigenvalue weighted by Gasteiger charge is -2.24. The van der Waals surface area contributed by atoms with E-state index in [0.29, 0.717) is 6.04 Å². The topological polar surface area (TPSA) is 24.1 Å². The molecule has 2 heterocycles. The highest BCUT2D eigenvalue weighted by Gasteiger charge is 2.18. The average Bonchev–Trinajstić information content (AvgIpc) is 2.64. The minimum atomic E-state index is 0.518. The van der Waals surface area contributed by atoms with E-state index in [1.54, 1.807) is 0 Å². The van der Waals surface area contributed by atoms with Gasteiger partial charge < -0.3 is 10.6 Å². The number of allylic oxidation sites excluding steroid dienone is 3. The Hall–Kier alpha value is -0.760. The molecule has 0 radical (unpaired) electrons. The van der Waals surface area contributed by atoms with E-state index in [1.807, 2.05) is 0 Å². The maximum atomic E-state index is 3.56. The third-order valence-corrected chi connectivity index (χ3v) is 3.30. The molecule has 1 saturated heterocycles. The highest BCUT2D eigenvalue weighted by atomic mass is 14.9.